The van der Waals surface area contributed by atoms with Crippen LogP contribution in [0.5, 0.6) is 5.75 Å². The van der Waals surface area contributed by atoms with Crippen molar-refractivity contribution in [3.8, 4) is 5.75 Å². The van der Waals surface area contributed by atoms with Crippen molar-refractivity contribution in [3.05, 3.63) is 45.9 Å². The van der Waals surface area contributed by atoms with Crippen LogP contribution in [0.15, 0.2) is 29.6 Å². The van der Waals surface area contributed by atoms with E-state index >= 15 is 0 Å². The highest BCUT2D eigenvalue weighted by Crippen LogP contribution is 2.13. The van der Waals surface area contributed by atoms with E-state index in [9.17, 15) is 4.79 Å². The average Bonchev–Trinajstić information content (AvgIpc) is 2.85. The molecule has 0 fully saturated rings. The molecule has 0 unspecified atom stereocenters. The fourth-order valence-electron chi connectivity index (χ4n) is 1.86. The van der Waals surface area contributed by atoms with Gasteiger partial charge in [-0.1, -0.05) is 12.1 Å². The Balaban J connectivity index is 1.93. The van der Waals surface area contributed by atoms with Gasteiger partial charge in [-0.05, 0) is 24.6 Å². The minimum atomic E-state index is 0.0841. The number of methoxy groups -OCH3 is 1. The minimum Gasteiger partial charge on any atom is -0.497 e. The molecule has 0 radical (unpaired) electrons. The second-order valence-corrected chi connectivity index (χ2v) is 5.69. The van der Waals surface area contributed by atoms with Crippen LogP contribution in [0.4, 0.5) is 0 Å². The maximum absolute atomic E-state index is 12.1. The minimum absolute atomic E-state index is 0.0841. The number of ether oxygens (including phenoxy) is 1. The van der Waals surface area contributed by atoms with Gasteiger partial charge in [0.2, 0.25) is 5.91 Å². The Morgan fingerprint density at radius 1 is 1.35 bits per heavy atom. The molecule has 0 N–H and O–H groups in total. The molecule has 1 aromatic heterocycles. The number of rotatable bonds is 5. The number of carbonyl (C=O) groups is 1. The van der Waals surface area contributed by atoms with Crippen molar-refractivity contribution in [3.63, 3.8) is 0 Å². The van der Waals surface area contributed by atoms with E-state index in [2.05, 4.69) is 4.98 Å². The molecule has 4 nitrogen and oxygen atoms in total. The largest absolute Gasteiger partial charge is 0.497 e. The third-order valence-corrected chi connectivity index (χ3v) is 3.83. The number of aromatic nitrogens is 1. The molecule has 1 amide bonds. The molecule has 106 valence electrons. The Morgan fingerprint density at radius 3 is 2.60 bits per heavy atom. The second-order valence-electron chi connectivity index (χ2n) is 4.63. The fourth-order valence-corrected chi connectivity index (χ4v) is 2.47. The molecule has 0 aliphatic rings. The lowest BCUT2D eigenvalue weighted by molar-refractivity contribution is -0.129. The summed E-state index contributed by atoms with van der Waals surface area (Å²) in [4.78, 5) is 18.2. The maximum Gasteiger partial charge on any atom is 0.227 e. The zero-order valence-corrected chi connectivity index (χ0v) is 12.7. The van der Waals surface area contributed by atoms with Crippen LogP contribution in [0.25, 0.3) is 0 Å². The number of hydrogen-bond acceptors (Lipinski definition) is 4. The van der Waals surface area contributed by atoms with Gasteiger partial charge in [-0.2, -0.15) is 0 Å². The summed E-state index contributed by atoms with van der Waals surface area (Å²) < 4.78 is 5.10. The van der Waals surface area contributed by atoms with Crippen LogP contribution in [0.1, 0.15) is 16.3 Å². The summed E-state index contributed by atoms with van der Waals surface area (Å²) in [5.41, 5.74) is 1.93. The predicted molar refractivity (Wildman–Crippen MR) is 80.0 cm³/mol. The summed E-state index contributed by atoms with van der Waals surface area (Å²) in [6.07, 6.45) is 0.392. The zero-order valence-electron chi connectivity index (χ0n) is 11.9. The molecule has 0 spiro atoms. The number of carbonyl (C=O) groups excluding carboxylic acids is 1. The molecule has 2 rings (SSSR count). The topological polar surface area (TPSA) is 42.4 Å². The Morgan fingerprint density at radius 2 is 2.05 bits per heavy atom. The van der Waals surface area contributed by atoms with E-state index < -0.39 is 0 Å². The third kappa shape index (κ3) is 3.81. The SMILES string of the molecule is COc1ccc(CC(=O)N(C)Cc2csc(C)n2)cc1. The van der Waals surface area contributed by atoms with Crippen LogP contribution in [-0.2, 0) is 17.8 Å². The molecule has 2 aromatic rings. The van der Waals surface area contributed by atoms with Gasteiger partial charge in [-0.15, -0.1) is 11.3 Å². The van der Waals surface area contributed by atoms with Crippen molar-refractivity contribution in [2.45, 2.75) is 19.9 Å². The molecule has 0 saturated carbocycles. The number of thiazole rings is 1. The Hall–Kier alpha value is -1.88. The molecule has 0 bridgehead atoms. The van der Waals surface area contributed by atoms with Gasteiger partial charge in [0.05, 0.1) is 30.8 Å². The van der Waals surface area contributed by atoms with Crippen LogP contribution in [-0.4, -0.2) is 29.9 Å². The van der Waals surface area contributed by atoms with Gasteiger partial charge in [-0.25, -0.2) is 4.98 Å². The van der Waals surface area contributed by atoms with Crippen molar-refractivity contribution in [1.82, 2.24) is 9.88 Å². The second kappa shape index (κ2) is 6.52. The average molecular weight is 290 g/mol. The third-order valence-electron chi connectivity index (χ3n) is 3.01. The number of aryl methyl sites for hydroxylation is 1. The van der Waals surface area contributed by atoms with Crippen molar-refractivity contribution in [1.29, 1.82) is 0 Å². The molecular formula is C15H18N2O2S. The van der Waals surface area contributed by atoms with Crippen LogP contribution >= 0.6 is 11.3 Å². The van der Waals surface area contributed by atoms with E-state index in [1.165, 1.54) is 0 Å². The fraction of sp³-hybridized carbons (Fsp3) is 0.333. The summed E-state index contributed by atoms with van der Waals surface area (Å²) >= 11 is 1.60. The summed E-state index contributed by atoms with van der Waals surface area (Å²) in [6.45, 7) is 2.52. The molecule has 0 saturated heterocycles. The lowest BCUT2D eigenvalue weighted by Gasteiger charge is -2.16. The van der Waals surface area contributed by atoms with E-state index in [-0.39, 0.29) is 5.91 Å². The highest BCUT2D eigenvalue weighted by Gasteiger charge is 2.11. The molecule has 1 aromatic carbocycles. The van der Waals surface area contributed by atoms with Crippen LogP contribution in [0.2, 0.25) is 0 Å². The summed E-state index contributed by atoms with van der Waals surface area (Å²) in [5, 5.41) is 3.02. The van der Waals surface area contributed by atoms with Crippen LogP contribution in [0.3, 0.4) is 0 Å². The predicted octanol–water partition coefficient (Wildman–Crippen LogP) is 2.66. The van der Waals surface area contributed by atoms with E-state index in [0.717, 1.165) is 22.0 Å². The smallest absolute Gasteiger partial charge is 0.227 e. The number of hydrogen-bond donors (Lipinski definition) is 0. The van der Waals surface area contributed by atoms with E-state index in [1.54, 1.807) is 30.4 Å². The highest BCUT2D eigenvalue weighted by atomic mass is 32.1. The Kier molecular flexibility index (Phi) is 4.74. The summed E-state index contributed by atoms with van der Waals surface area (Å²) in [7, 11) is 3.43. The molecule has 1 heterocycles. The molecule has 5 heteroatoms. The van der Waals surface area contributed by atoms with Gasteiger partial charge in [0.15, 0.2) is 0 Å². The van der Waals surface area contributed by atoms with Crippen LogP contribution < -0.4 is 4.74 Å². The Bertz CT molecular complexity index is 578. The lowest BCUT2D eigenvalue weighted by atomic mass is 10.1. The van der Waals surface area contributed by atoms with E-state index in [1.807, 2.05) is 36.6 Å². The van der Waals surface area contributed by atoms with Crippen molar-refractivity contribution >= 4 is 17.2 Å². The van der Waals surface area contributed by atoms with Gasteiger partial charge in [-0.3, -0.25) is 4.79 Å². The maximum atomic E-state index is 12.1. The van der Waals surface area contributed by atoms with Gasteiger partial charge in [0, 0.05) is 12.4 Å². The molecule has 0 aliphatic heterocycles. The van der Waals surface area contributed by atoms with Crippen LogP contribution in [0, 0.1) is 6.92 Å². The molecule has 0 aliphatic carbocycles. The number of likely N-dealkylation sites (N-methyl/N-ethyl adjacent to an activating group) is 1. The van der Waals surface area contributed by atoms with Crippen molar-refractivity contribution in [2.75, 3.05) is 14.2 Å². The van der Waals surface area contributed by atoms with Gasteiger partial charge < -0.3 is 9.64 Å². The molecular weight excluding hydrogens is 272 g/mol. The number of benzene rings is 1. The molecule has 20 heavy (non-hydrogen) atoms. The Labute approximate surface area is 123 Å². The normalized spacial score (nSPS) is 10.3. The number of nitrogens with zero attached hydrogens (tertiary/aromatic N) is 2. The van der Waals surface area contributed by atoms with E-state index in [0.29, 0.717) is 13.0 Å². The molecule has 0 atom stereocenters. The first-order valence-corrected chi connectivity index (χ1v) is 7.24. The van der Waals surface area contributed by atoms with Gasteiger partial charge in [0.1, 0.15) is 5.75 Å². The standard InChI is InChI=1S/C15H18N2O2S/c1-11-16-13(10-20-11)9-17(2)15(18)8-12-4-6-14(19-3)7-5-12/h4-7,10H,8-9H2,1-3H3. The van der Waals surface area contributed by atoms with Gasteiger partial charge >= 0.3 is 0 Å². The van der Waals surface area contributed by atoms with E-state index in [4.69, 9.17) is 4.74 Å². The zero-order chi connectivity index (χ0) is 14.5. The van der Waals surface area contributed by atoms with Gasteiger partial charge in [0.25, 0.3) is 0 Å². The first kappa shape index (κ1) is 14.5. The highest BCUT2D eigenvalue weighted by molar-refractivity contribution is 7.09. The summed E-state index contributed by atoms with van der Waals surface area (Å²) in [6, 6.07) is 7.56. The quantitative estimate of drug-likeness (QED) is 0.850. The van der Waals surface area contributed by atoms with Crippen molar-refractivity contribution in [2.24, 2.45) is 0 Å². The van der Waals surface area contributed by atoms with Crippen molar-refractivity contribution < 1.29 is 9.53 Å². The monoisotopic (exact) mass is 290 g/mol. The lowest BCUT2D eigenvalue weighted by Crippen LogP contribution is -2.27. The summed E-state index contributed by atoms with van der Waals surface area (Å²) in [5.74, 6) is 0.883. The number of amides is 1. The first-order valence-electron chi connectivity index (χ1n) is 6.36. The first-order chi connectivity index (χ1) is 9.58.